The molecule has 3 aliphatic heterocycles. The number of rotatable bonds is 9. The van der Waals surface area contributed by atoms with E-state index in [1.165, 1.54) is 12.7 Å². The summed E-state index contributed by atoms with van der Waals surface area (Å²) in [5.41, 5.74) is 1.37. The van der Waals surface area contributed by atoms with Crippen LogP contribution >= 0.6 is 0 Å². The largest absolute Gasteiger partial charge is 0.469 e. The molecule has 2 atom stereocenters. The Kier molecular flexibility index (Phi) is 8.77. The van der Waals surface area contributed by atoms with E-state index in [4.69, 9.17) is 9.47 Å². The van der Waals surface area contributed by atoms with E-state index in [9.17, 15) is 9.59 Å². The molecule has 1 aromatic carbocycles. The van der Waals surface area contributed by atoms with Gasteiger partial charge in [0.15, 0.2) is 6.23 Å². The van der Waals surface area contributed by atoms with Crippen molar-refractivity contribution < 1.29 is 19.1 Å². The molecule has 1 aromatic rings. The van der Waals surface area contributed by atoms with Crippen LogP contribution in [0, 0.1) is 0 Å². The molecular formula is C25H39N5O4. The van der Waals surface area contributed by atoms with Crippen LogP contribution in [-0.2, 0) is 20.8 Å². The summed E-state index contributed by atoms with van der Waals surface area (Å²) in [5, 5.41) is 0. The van der Waals surface area contributed by atoms with Gasteiger partial charge in [0.05, 0.1) is 20.1 Å². The highest BCUT2D eigenvalue weighted by Crippen LogP contribution is 2.22. The maximum absolute atomic E-state index is 12.0. The summed E-state index contributed by atoms with van der Waals surface area (Å²) in [5.74, 6) is -0.168. The second kappa shape index (κ2) is 12.0. The lowest BCUT2D eigenvalue weighted by molar-refractivity contribution is -0.141. The van der Waals surface area contributed by atoms with Gasteiger partial charge in [-0.25, -0.2) is 4.79 Å². The SMILES string of the molecule is COC(=O)CCN1CCN(C2CN(C)C(=O)O2)C(CCN2CCN(Cc3ccccc3)CC2)C1. The summed E-state index contributed by atoms with van der Waals surface area (Å²) < 4.78 is 10.5. The first-order valence-corrected chi connectivity index (χ1v) is 12.5. The van der Waals surface area contributed by atoms with Crippen molar-refractivity contribution in [2.24, 2.45) is 0 Å². The zero-order valence-electron chi connectivity index (χ0n) is 20.6. The van der Waals surface area contributed by atoms with Gasteiger partial charge in [-0.15, -0.1) is 0 Å². The van der Waals surface area contributed by atoms with Gasteiger partial charge in [0, 0.05) is 72.0 Å². The Morgan fingerprint density at radius 3 is 2.35 bits per heavy atom. The number of ether oxygens (including phenoxy) is 2. The van der Waals surface area contributed by atoms with Crippen molar-refractivity contribution in [2.45, 2.75) is 31.7 Å². The number of amides is 1. The number of likely N-dealkylation sites (N-methyl/N-ethyl adjacent to an activating group) is 1. The van der Waals surface area contributed by atoms with Crippen LogP contribution in [0.25, 0.3) is 0 Å². The monoisotopic (exact) mass is 473 g/mol. The topological polar surface area (TPSA) is 68.8 Å². The Bertz CT molecular complexity index is 802. The summed E-state index contributed by atoms with van der Waals surface area (Å²) in [7, 11) is 3.23. The van der Waals surface area contributed by atoms with Crippen LogP contribution in [0.2, 0.25) is 0 Å². The number of carbonyl (C=O) groups excluding carboxylic acids is 2. The summed E-state index contributed by atoms with van der Waals surface area (Å²) >= 11 is 0. The van der Waals surface area contributed by atoms with E-state index >= 15 is 0 Å². The third kappa shape index (κ3) is 6.69. The van der Waals surface area contributed by atoms with E-state index in [0.29, 0.717) is 19.5 Å². The number of esters is 1. The molecule has 0 aromatic heterocycles. The number of cyclic esters (lactones) is 1. The van der Waals surface area contributed by atoms with Crippen LogP contribution < -0.4 is 0 Å². The first kappa shape index (κ1) is 24.9. The van der Waals surface area contributed by atoms with Gasteiger partial charge in [-0.2, -0.15) is 0 Å². The molecule has 9 nitrogen and oxygen atoms in total. The van der Waals surface area contributed by atoms with E-state index in [1.54, 1.807) is 11.9 Å². The molecule has 3 heterocycles. The minimum absolute atomic E-state index is 0.168. The van der Waals surface area contributed by atoms with E-state index in [0.717, 1.165) is 65.3 Å². The summed E-state index contributed by atoms with van der Waals surface area (Å²) in [6, 6.07) is 11.0. The van der Waals surface area contributed by atoms with Crippen molar-refractivity contribution in [2.75, 3.05) is 79.6 Å². The second-order valence-corrected chi connectivity index (χ2v) is 9.63. The van der Waals surface area contributed by atoms with E-state index in [-0.39, 0.29) is 24.3 Å². The maximum atomic E-state index is 12.0. The van der Waals surface area contributed by atoms with Gasteiger partial charge in [0.25, 0.3) is 0 Å². The van der Waals surface area contributed by atoms with Crippen molar-refractivity contribution in [1.29, 1.82) is 0 Å². The Balaban J connectivity index is 1.28. The Hall–Kier alpha value is -2.20. The molecule has 0 aliphatic carbocycles. The standard InChI is InChI=1S/C25H39N5O4/c1-26-20-23(34-25(26)32)30-17-16-28(11-9-24(31)33-2)19-22(30)8-10-27-12-14-29(15-13-27)18-21-6-4-3-5-7-21/h3-7,22-23H,8-20H2,1-2H3. The molecule has 0 spiro atoms. The number of hydrogen-bond donors (Lipinski definition) is 0. The van der Waals surface area contributed by atoms with Crippen molar-refractivity contribution >= 4 is 12.1 Å². The molecule has 3 saturated heterocycles. The van der Waals surface area contributed by atoms with Crippen molar-refractivity contribution in [3.8, 4) is 0 Å². The molecule has 0 saturated carbocycles. The van der Waals surface area contributed by atoms with E-state index in [1.807, 2.05) is 0 Å². The highest BCUT2D eigenvalue weighted by atomic mass is 16.6. The third-order valence-corrected chi connectivity index (χ3v) is 7.31. The van der Waals surface area contributed by atoms with Gasteiger partial charge < -0.3 is 19.3 Å². The number of methoxy groups -OCH3 is 1. The van der Waals surface area contributed by atoms with Gasteiger partial charge in [-0.05, 0) is 18.5 Å². The first-order valence-electron chi connectivity index (χ1n) is 12.5. The van der Waals surface area contributed by atoms with Crippen LogP contribution in [0.3, 0.4) is 0 Å². The average Bonchev–Trinajstić information content (AvgIpc) is 3.20. The number of nitrogens with zero attached hydrogens (tertiary/aromatic N) is 5. The Morgan fingerprint density at radius 1 is 0.971 bits per heavy atom. The lowest BCUT2D eigenvalue weighted by Crippen LogP contribution is -2.58. The Morgan fingerprint density at radius 2 is 1.68 bits per heavy atom. The predicted molar refractivity (Wildman–Crippen MR) is 129 cm³/mol. The van der Waals surface area contributed by atoms with Crippen LogP contribution in [0.4, 0.5) is 4.79 Å². The fraction of sp³-hybridized carbons (Fsp3) is 0.680. The van der Waals surface area contributed by atoms with Gasteiger partial charge in [-0.3, -0.25) is 19.5 Å². The zero-order valence-corrected chi connectivity index (χ0v) is 20.6. The van der Waals surface area contributed by atoms with Gasteiger partial charge in [0.1, 0.15) is 0 Å². The molecule has 34 heavy (non-hydrogen) atoms. The fourth-order valence-corrected chi connectivity index (χ4v) is 5.19. The smallest absolute Gasteiger partial charge is 0.411 e. The molecular weight excluding hydrogens is 434 g/mol. The lowest BCUT2D eigenvalue weighted by Gasteiger charge is -2.44. The average molecular weight is 474 g/mol. The molecule has 2 unspecified atom stereocenters. The van der Waals surface area contributed by atoms with Crippen molar-refractivity contribution in [1.82, 2.24) is 24.5 Å². The Labute approximate surface area is 203 Å². The normalized spacial score (nSPS) is 25.5. The van der Waals surface area contributed by atoms with E-state index < -0.39 is 0 Å². The van der Waals surface area contributed by atoms with Gasteiger partial charge >= 0.3 is 12.1 Å². The van der Waals surface area contributed by atoms with Gasteiger partial charge in [-0.1, -0.05) is 30.3 Å². The highest BCUT2D eigenvalue weighted by Gasteiger charge is 2.39. The maximum Gasteiger partial charge on any atom is 0.411 e. The zero-order chi connectivity index (χ0) is 23.9. The molecule has 0 bridgehead atoms. The molecule has 3 fully saturated rings. The fourth-order valence-electron chi connectivity index (χ4n) is 5.19. The number of piperazine rings is 2. The molecule has 4 rings (SSSR count). The summed E-state index contributed by atoms with van der Waals surface area (Å²) in [6.07, 6.45) is 0.998. The highest BCUT2D eigenvalue weighted by molar-refractivity contribution is 5.69. The van der Waals surface area contributed by atoms with Crippen LogP contribution in [-0.4, -0.2) is 128 Å². The third-order valence-electron chi connectivity index (χ3n) is 7.31. The summed E-state index contributed by atoms with van der Waals surface area (Å²) in [4.78, 5) is 35.0. The molecule has 9 heteroatoms. The minimum atomic E-state index is -0.244. The molecule has 3 aliphatic rings. The lowest BCUT2D eigenvalue weighted by atomic mass is 10.1. The first-order chi connectivity index (χ1) is 16.5. The van der Waals surface area contributed by atoms with E-state index in [2.05, 4.69) is 49.9 Å². The number of hydrogen-bond acceptors (Lipinski definition) is 8. The second-order valence-electron chi connectivity index (χ2n) is 9.63. The summed E-state index contributed by atoms with van der Waals surface area (Å²) in [6.45, 7) is 10.3. The quantitative estimate of drug-likeness (QED) is 0.495. The molecule has 0 N–H and O–H groups in total. The van der Waals surface area contributed by atoms with Crippen LogP contribution in [0.5, 0.6) is 0 Å². The number of benzene rings is 1. The predicted octanol–water partition coefficient (Wildman–Crippen LogP) is 1.15. The minimum Gasteiger partial charge on any atom is -0.469 e. The van der Waals surface area contributed by atoms with Crippen molar-refractivity contribution in [3.05, 3.63) is 35.9 Å². The molecule has 188 valence electrons. The molecule has 1 amide bonds. The van der Waals surface area contributed by atoms with Gasteiger partial charge in [0.2, 0.25) is 0 Å². The molecule has 0 radical (unpaired) electrons. The van der Waals surface area contributed by atoms with Crippen molar-refractivity contribution in [3.63, 3.8) is 0 Å². The number of carbonyl (C=O) groups is 2. The van der Waals surface area contributed by atoms with Crippen LogP contribution in [0.15, 0.2) is 30.3 Å². The van der Waals surface area contributed by atoms with Crippen LogP contribution in [0.1, 0.15) is 18.4 Å².